The first-order valence-corrected chi connectivity index (χ1v) is 5.05. The van der Waals surface area contributed by atoms with E-state index in [-0.39, 0.29) is 0 Å². The van der Waals surface area contributed by atoms with Crippen LogP contribution < -0.4 is 10.6 Å². The Kier molecular flexibility index (Phi) is 1.35. The molecule has 2 heterocycles. The fourth-order valence-electron chi connectivity index (χ4n) is 1.67. The van der Waals surface area contributed by atoms with Gasteiger partial charge in [-0.1, -0.05) is 0 Å². The molecule has 1 aromatic carbocycles. The average Bonchev–Trinajstić information content (AvgIpc) is 2.62. The van der Waals surface area contributed by atoms with E-state index in [1.54, 1.807) is 11.8 Å². The Hall–Kier alpha value is -1.16. The highest BCUT2D eigenvalue weighted by Gasteiger charge is 2.29. The lowest BCUT2D eigenvalue weighted by Gasteiger charge is -2.11. The van der Waals surface area contributed by atoms with Crippen molar-refractivity contribution >= 4 is 28.3 Å². The molecule has 0 saturated carbocycles. The molecule has 0 radical (unpaired) electrons. The highest BCUT2D eigenvalue weighted by atomic mass is 32.2. The second kappa shape index (κ2) is 2.42. The van der Waals surface area contributed by atoms with Crippen molar-refractivity contribution in [3.63, 3.8) is 0 Å². The summed E-state index contributed by atoms with van der Waals surface area (Å²) in [5, 5.41) is 1.13. The monoisotopic (exact) mass is 191 g/mol. The Labute approximate surface area is 80.6 Å². The van der Waals surface area contributed by atoms with Crippen LogP contribution in [0.2, 0.25) is 0 Å². The summed E-state index contributed by atoms with van der Waals surface area (Å²) in [6.07, 6.45) is 0. The lowest BCUT2D eigenvalue weighted by atomic mass is 10.2. The molecule has 1 aromatic rings. The van der Waals surface area contributed by atoms with Crippen molar-refractivity contribution in [2.24, 2.45) is 4.99 Å². The summed E-state index contributed by atoms with van der Waals surface area (Å²) in [5.41, 5.74) is 7.80. The fourth-order valence-corrected chi connectivity index (χ4v) is 2.80. The van der Waals surface area contributed by atoms with Crippen LogP contribution in [0.15, 0.2) is 28.1 Å². The van der Waals surface area contributed by atoms with Gasteiger partial charge in [0.2, 0.25) is 0 Å². The number of nitrogens with two attached hydrogens (primary N) is 1. The van der Waals surface area contributed by atoms with Gasteiger partial charge in [-0.2, -0.15) is 0 Å². The number of amidine groups is 1. The van der Waals surface area contributed by atoms with Crippen LogP contribution in [0.1, 0.15) is 0 Å². The summed E-state index contributed by atoms with van der Waals surface area (Å²) in [7, 11) is 0. The molecule has 3 rings (SSSR count). The molecule has 0 atom stereocenters. The standard InChI is InChI=1S/C9H9N3S/c10-6-1-2-7-8(5-6)13-9-11-3-4-12(7)9/h1-2,5H,3-4,10H2. The first kappa shape index (κ1) is 7.26. The van der Waals surface area contributed by atoms with Crippen molar-refractivity contribution in [2.45, 2.75) is 4.90 Å². The van der Waals surface area contributed by atoms with Crippen LogP contribution in [-0.4, -0.2) is 18.3 Å². The molecule has 0 unspecified atom stereocenters. The van der Waals surface area contributed by atoms with Gasteiger partial charge in [0.05, 0.1) is 12.2 Å². The third-order valence-electron chi connectivity index (χ3n) is 2.28. The number of aliphatic imine (C=N–C) groups is 1. The average molecular weight is 191 g/mol. The Morgan fingerprint density at radius 3 is 3.31 bits per heavy atom. The van der Waals surface area contributed by atoms with E-state index in [2.05, 4.69) is 16.0 Å². The fraction of sp³-hybridized carbons (Fsp3) is 0.222. The van der Waals surface area contributed by atoms with Crippen LogP contribution in [0.25, 0.3) is 0 Å². The number of nitrogen functional groups attached to an aromatic ring is 1. The zero-order chi connectivity index (χ0) is 8.84. The lowest BCUT2D eigenvalue weighted by Crippen LogP contribution is -2.20. The van der Waals surface area contributed by atoms with Crippen LogP contribution in [0.4, 0.5) is 11.4 Å². The second-order valence-electron chi connectivity index (χ2n) is 3.15. The Morgan fingerprint density at radius 2 is 2.38 bits per heavy atom. The summed E-state index contributed by atoms with van der Waals surface area (Å²) >= 11 is 1.72. The molecule has 66 valence electrons. The van der Waals surface area contributed by atoms with E-state index in [0.717, 1.165) is 23.9 Å². The van der Waals surface area contributed by atoms with Gasteiger partial charge >= 0.3 is 0 Å². The van der Waals surface area contributed by atoms with E-state index in [1.165, 1.54) is 10.6 Å². The van der Waals surface area contributed by atoms with Crippen molar-refractivity contribution in [2.75, 3.05) is 23.7 Å². The number of benzene rings is 1. The molecule has 0 saturated heterocycles. The summed E-state index contributed by atoms with van der Waals surface area (Å²) in [6.45, 7) is 1.94. The minimum Gasteiger partial charge on any atom is -0.399 e. The molecule has 0 spiro atoms. The highest BCUT2D eigenvalue weighted by molar-refractivity contribution is 8.14. The number of hydrogen-bond acceptors (Lipinski definition) is 4. The second-order valence-corrected chi connectivity index (χ2v) is 4.15. The largest absolute Gasteiger partial charge is 0.399 e. The topological polar surface area (TPSA) is 41.6 Å². The third kappa shape index (κ3) is 0.951. The molecule has 2 aliphatic heterocycles. The van der Waals surface area contributed by atoms with Gasteiger partial charge in [-0.05, 0) is 30.0 Å². The normalized spacial score (nSPS) is 18.5. The van der Waals surface area contributed by atoms with E-state index >= 15 is 0 Å². The third-order valence-corrected chi connectivity index (χ3v) is 3.36. The maximum atomic E-state index is 5.71. The first-order chi connectivity index (χ1) is 6.34. The van der Waals surface area contributed by atoms with Crippen LogP contribution in [0.3, 0.4) is 0 Å². The first-order valence-electron chi connectivity index (χ1n) is 4.24. The van der Waals surface area contributed by atoms with Crippen molar-refractivity contribution in [3.05, 3.63) is 18.2 Å². The van der Waals surface area contributed by atoms with Crippen LogP contribution >= 0.6 is 11.8 Å². The van der Waals surface area contributed by atoms with E-state index in [4.69, 9.17) is 5.73 Å². The maximum Gasteiger partial charge on any atom is 0.168 e. The van der Waals surface area contributed by atoms with Crippen LogP contribution in [0, 0.1) is 0 Å². The molecule has 3 nitrogen and oxygen atoms in total. The molecule has 0 fully saturated rings. The molecule has 2 aliphatic rings. The number of anilines is 2. The Morgan fingerprint density at radius 1 is 1.46 bits per heavy atom. The van der Waals surface area contributed by atoms with Crippen LogP contribution in [0.5, 0.6) is 0 Å². The van der Waals surface area contributed by atoms with Gasteiger partial charge in [0.1, 0.15) is 0 Å². The van der Waals surface area contributed by atoms with Crippen molar-refractivity contribution in [1.82, 2.24) is 0 Å². The van der Waals surface area contributed by atoms with Gasteiger partial charge in [-0.15, -0.1) is 0 Å². The van der Waals surface area contributed by atoms with Gasteiger partial charge in [0, 0.05) is 17.1 Å². The smallest absolute Gasteiger partial charge is 0.168 e. The number of thioether (sulfide) groups is 1. The lowest BCUT2D eigenvalue weighted by molar-refractivity contribution is 1.02. The molecule has 0 aliphatic carbocycles. The predicted octanol–water partition coefficient (Wildman–Crippen LogP) is 1.55. The highest BCUT2D eigenvalue weighted by Crippen LogP contribution is 2.42. The van der Waals surface area contributed by atoms with Gasteiger partial charge in [0.25, 0.3) is 0 Å². The predicted molar refractivity (Wildman–Crippen MR) is 56.4 cm³/mol. The number of nitrogens with zero attached hydrogens (tertiary/aromatic N) is 2. The van der Waals surface area contributed by atoms with Gasteiger partial charge < -0.3 is 10.6 Å². The molecule has 2 N–H and O–H groups in total. The molecule has 0 bridgehead atoms. The van der Waals surface area contributed by atoms with E-state index in [1.807, 2.05) is 12.1 Å². The Bertz CT molecular complexity index is 400. The van der Waals surface area contributed by atoms with E-state index < -0.39 is 0 Å². The minimum absolute atomic E-state index is 0.827. The van der Waals surface area contributed by atoms with Gasteiger partial charge in [-0.3, -0.25) is 4.99 Å². The summed E-state index contributed by atoms with van der Waals surface area (Å²) in [5.74, 6) is 0. The summed E-state index contributed by atoms with van der Waals surface area (Å²) in [4.78, 5) is 7.89. The number of fused-ring (bicyclic) bond motifs is 3. The summed E-state index contributed by atoms with van der Waals surface area (Å²) < 4.78 is 0. The summed E-state index contributed by atoms with van der Waals surface area (Å²) in [6, 6.07) is 6.03. The molecule has 0 amide bonds. The zero-order valence-electron chi connectivity index (χ0n) is 7.03. The molecule has 4 heteroatoms. The SMILES string of the molecule is Nc1ccc2c(c1)SC1=NCCN12. The van der Waals surface area contributed by atoms with Gasteiger partial charge in [0.15, 0.2) is 5.17 Å². The molecular formula is C9H9N3S. The molecule has 13 heavy (non-hydrogen) atoms. The van der Waals surface area contributed by atoms with E-state index in [9.17, 15) is 0 Å². The maximum absolute atomic E-state index is 5.71. The van der Waals surface area contributed by atoms with E-state index in [0.29, 0.717) is 0 Å². The van der Waals surface area contributed by atoms with Gasteiger partial charge in [-0.25, -0.2) is 0 Å². The Balaban J connectivity index is 2.14. The number of hydrogen-bond donors (Lipinski definition) is 1. The zero-order valence-corrected chi connectivity index (χ0v) is 7.84. The quantitative estimate of drug-likeness (QED) is 0.633. The van der Waals surface area contributed by atoms with Crippen LogP contribution in [-0.2, 0) is 0 Å². The molecule has 0 aromatic heterocycles. The van der Waals surface area contributed by atoms with Crippen molar-refractivity contribution < 1.29 is 0 Å². The van der Waals surface area contributed by atoms with Crippen molar-refractivity contribution in [3.8, 4) is 0 Å². The number of rotatable bonds is 0. The molecular weight excluding hydrogens is 182 g/mol. The van der Waals surface area contributed by atoms with Crippen molar-refractivity contribution in [1.29, 1.82) is 0 Å². The minimum atomic E-state index is 0.827.